The van der Waals surface area contributed by atoms with Crippen molar-refractivity contribution in [3.8, 4) is 11.5 Å². The number of benzene rings is 2. The van der Waals surface area contributed by atoms with Gasteiger partial charge >= 0.3 is 5.97 Å². The number of nitrogens with one attached hydrogen (secondary N) is 1. The predicted molar refractivity (Wildman–Crippen MR) is 139 cm³/mol. The molecular weight excluding hydrogens is 570 g/mol. The maximum Gasteiger partial charge on any atom is 0.329 e. The number of rotatable bonds is 9. The van der Waals surface area contributed by atoms with Gasteiger partial charge in [-0.3, -0.25) is 19.3 Å². The molecule has 0 fully saturated rings. The molecule has 1 aliphatic heterocycles. The molecule has 0 aromatic heterocycles. The van der Waals surface area contributed by atoms with Crippen molar-refractivity contribution in [2.45, 2.75) is 26.3 Å². The number of amides is 3. The molecule has 0 unspecified atom stereocenters. The van der Waals surface area contributed by atoms with Crippen molar-refractivity contribution in [3.63, 3.8) is 0 Å². The van der Waals surface area contributed by atoms with E-state index in [1.165, 1.54) is 20.3 Å². The van der Waals surface area contributed by atoms with Crippen molar-refractivity contribution in [1.82, 2.24) is 4.90 Å². The number of ether oxygens (including phenoxy) is 3. The Labute approximate surface area is 232 Å². The monoisotopic (exact) mass is 590 g/mol. The summed E-state index contributed by atoms with van der Waals surface area (Å²) >= 11 is 24.5. The number of hydrogen-bond acceptors (Lipinski definition) is 7. The van der Waals surface area contributed by atoms with Crippen molar-refractivity contribution in [3.05, 3.63) is 49.4 Å². The maximum absolute atomic E-state index is 13.2. The molecule has 0 saturated heterocycles. The minimum atomic E-state index is -1.36. The Balaban J connectivity index is 1.82. The molecule has 0 radical (unpaired) electrons. The van der Waals surface area contributed by atoms with Crippen LogP contribution in [0.3, 0.4) is 0 Å². The van der Waals surface area contributed by atoms with Crippen molar-refractivity contribution in [2.75, 3.05) is 26.1 Å². The van der Waals surface area contributed by atoms with Gasteiger partial charge in [-0.25, -0.2) is 4.79 Å². The van der Waals surface area contributed by atoms with Crippen LogP contribution in [0.5, 0.6) is 11.5 Å². The van der Waals surface area contributed by atoms with Crippen molar-refractivity contribution in [1.29, 1.82) is 0 Å². The number of fused-ring (bicyclic) bond motifs is 1. The maximum atomic E-state index is 13.2. The van der Waals surface area contributed by atoms with Gasteiger partial charge in [0.2, 0.25) is 0 Å². The van der Waals surface area contributed by atoms with Crippen LogP contribution in [0.1, 0.15) is 41.0 Å². The van der Waals surface area contributed by atoms with Crippen LogP contribution < -0.4 is 14.8 Å². The fourth-order valence-electron chi connectivity index (χ4n) is 3.73. The molecule has 3 amide bonds. The molecule has 0 bridgehead atoms. The third-order valence-electron chi connectivity index (χ3n) is 5.44. The third kappa shape index (κ3) is 5.75. The standard InChI is InChI=1S/C24H22Cl4N2O7/c1-10(2)7-13(30-22(32)16-17(23(30)33)19(26)21(28)20(27)18(16)25)24(34)37-9-15(31)29-12-8-11(35-3)5-6-14(12)36-4/h5-6,8,10,13H,7,9H2,1-4H3,(H,29,31)/t13-/m1/s1. The molecule has 0 aliphatic carbocycles. The van der Waals surface area contributed by atoms with Crippen LogP contribution in [0.15, 0.2) is 18.2 Å². The van der Waals surface area contributed by atoms with Crippen LogP contribution in [0.25, 0.3) is 0 Å². The predicted octanol–water partition coefficient (Wildman–Crippen LogP) is 5.51. The van der Waals surface area contributed by atoms with Crippen LogP contribution in [0.4, 0.5) is 5.69 Å². The van der Waals surface area contributed by atoms with E-state index in [-0.39, 0.29) is 43.6 Å². The van der Waals surface area contributed by atoms with Crippen LogP contribution in [0.2, 0.25) is 20.1 Å². The van der Waals surface area contributed by atoms with Gasteiger partial charge in [0.15, 0.2) is 6.61 Å². The van der Waals surface area contributed by atoms with Crippen LogP contribution in [-0.2, 0) is 14.3 Å². The number of carbonyl (C=O) groups excluding carboxylic acids is 4. The van der Waals surface area contributed by atoms with Crippen LogP contribution in [0, 0.1) is 5.92 Å². The first-order valence-corrected chi connectivity index (χ1v) is 12.4. The van der Waals surface area contributed by atoms with Gasteiger partial charge in [0.05, 0.1) is 51.1 Å². The van der Waals surface area contributed by atoms with Gasteiger partial charge < -0.3 is 19.5 Å². The third-order valence-corrected chi connectivity index (χ3v) is 7.24. The second-order valence-electron chi connectivity index (χ2n) is 8.35. The van der Waals surface area contributed by atoms with Crippen LogP contribution in [-0.4, -0.2) is 55.5 Å². The lowest BCUT2D eigenvalue weighted by atomic mass is 10.0. The molecule has 1 aliphatic rings. The first kappa shape index (κ1) is 28.8. The van der Waals surface area contributed by atoms with E-state index in [1.807, 2.05) is 0 Å². The molecule has 2 aromatic rings. The van der Waals surface area contributed by atoms with E-state index in [2.05, 4.69) is 5.32 Å². The SMILES string of the molecule is COc1ccc(OC)c(NC(=O)COC(=O)[C@@H](CC(C)C)N2C(=O)c3c(Cl)c(Cl)c(Cl)c(Cl)c3C2=O)c1. The molecule has 13 heteroatoms. The lowest BCUT2D eigenvalue weighted by Gasteiger charge is -2.26. The molecule has 37 heavy (non-hydrogen) atoms. The average Bonchev–Trinajstić information content (AvgIpc) is 3.12. The number of hydrogen-bond donors (Lipinski definition) is 1. The highest BCUT2D eigenvalue weighted by Crippen LogP contribution is 2.45. The van der Waals surface area contributed by atoms with Gasteiger partial charge in [-0.1, -0.05) is 60.3 Å². The van der Waals surface area contributed by atoms with Gasteiger partial charge in [0.25, 0.3) is 17.7 Å². The highest BCUT2D eigenvalue weighted by molar-refractivity contribution is 6.55. The topological polar surface area (TPSA) is 111 Å². The smallest absolute Gasteiger partial charge is 0.329 e. The van der Waals surface area contributed by atoms with E-state index in [0.717, 1.165) is 0 Å². The number of imide groups is 1. The Morgan fingerprint density at radius 1 is 0.919 bits per heavy atom. The molecule has 0 saturated carbocycles. The quantitative estimate of drug-likeness (QED) is 0.177. The number of halogens is 4. The van der Waals surface area contributed by atoms with Gasteiger partial charge in [-0.05, 0) is 24.5 Å². The summed E-state index contributed by atoms with van der Waals surface area (Å²) in [5, 5.41) is 1.67. The second-order valence-corrected chi connectivity index (χ2v) is 9.87. The molecule has 0 spiro atoms. The van der Waals surface area contributed by atoms with Crippen molar-refractivity contribution in [2.24, 2.45) is 5.92 Å². The molecule has 1 atom stereocenters. The molecule has 198 valence electrons. The number of anilines is 1. The number of carbonyl (C=O) groups is 4. The lowest BCUT2D eigenvalue weighted by Crippen LogP contribution is -2.47. The van der Waals surface area contributed by atoms with Crippen LogP contribution >= 0.6 is 46.4 Å². The molecule has 9 nitrogen and oxygen atoms in total. The zero-order valence-electron chi connectivity index (χ0n) is 20.1. The van der Waals surface area contributed by atoms with Crippen molar-refractivity contribution >= 4 is 75.8 Å². The summed E-state index contributed by atoms with van der Waals surface area (Å²) in [5.41, 5.74) is -0.217. The van der Waals surface area contributed by atoms with E-state index in [4.69, 9.17) is 60.6 Å². The van der Waals surface area contributed by atoms with Gasteiger partial charge in [0.1, 0.15) is 17.5 Å². The first-order chi connectivity index (χ1) is 17.4. The molecule has 1 heterocycles. The second kappa shape index (κ2) is 11.8. The molecule has 3 rings (SSSR count). The summed E-state index contributed by atoms with van der Waals surface area (Å²) in [4.78, 5) is 52.8. The van der Waals surface area contributed by atoms with Gasteiger partial charge in [0, 0.05) is 6.07 Å². The highest BCUT2D eigenvalue weighted by Gasteiger charge is 2.47. The van der Waals surface area contributed by atoms with Gasteiger partial charge in [-0.15, -0.1) is 0 Å². The first-order valence-electron chi connectivity index (χ1n) is 10.8. The minimum absolute atomic E-state index is 0.0479. The minimum Gasteiger partial charge on any atom is -0.497 e. The fourth-order valence-corrected chi connectivity index (χ4v) is 4.75. The summed E-state index contributed by atoms with van der Waals surface area (Å²) in [6, 6.07) is 3.40. The van der Waals surface area contributed by atoms with Crippen molar-refractivity contribution < 1.29 is 33.4 Å². The molecule has 2 aromatic carbocycles. The molecular formula is C24H22Cl4N2O7. The average molecular weight is 592 g/mol. The zero-order valence-corrected chi connectivity index (χ0v) is 23.1. The van der Waals surface area contributed by atoms with Gasteiger partial charge in [-0.2, -0.15) is 0 Å². The summed E-state index contributed by atoms with van der Waals surface area (Å²) in [6.45, 7) is 2.87. The zero-order chi connectivity index (χ0) is 27.6. The summed E-state index contributed by atoms with van der Waals surface area (Å²) in [7, 11) is 2.89. The normalized spacial score (nSPS) is 13.5. The van der Waals surface area contributed by atoms with E-state index >= 15 is 0 Å². The Kier molecular flexibility index (Phi) is 9.18. The Morgan fingerprint density at radius 3 is 1.97 bits per heavy atom. The van der Waals surface area contributed by atoms with E-state index < -0.39 is 36.3 Å². The number of methoxy groups -OCH3 is 2. The lowest BCUT2D eigenvalue weighted by molar-refractivity contribution is -0.151. The fraction of sp³-hybridized carbons (Fsp3) is 0.333. The largest absolute Gasteiger partial charge is 0.497 e. The summed E-state index contributed by atoms with van der Waals surface area (Å²) < 4.78 is 15.5. The summed E-state index contributed by atoms with van der Waals surface area (Å²) in [5.74, 6) is -2.73. The van der Waals surface area contributed by atoms with E-state index in [0.29, 0.717) is 22.1 Å². The number of esters is 1. The molecule has 1 N–H and O–H groups in total. The van der Waals surface area contributed by atoms with E-state index in [9.17, 15) is 19.2 Å². The van der Waals surface area contributed by atoms with E-state index in [1.54, 1.807) is 26.0 Å². The Bertz CT molecular complexity index is 1240. The highest BCUT2D eigenvalue weighted by atomic mass is 35.5. The summed E-state index contributed by atoms with van der Waals surface area (Å²) in [6.07, 6.45) is 0.0479. The number of nitrogens with zero attached hydrogens (tertiary/aromatic N) is 1. The Hall–Kier alpha value is -2.72. The Morgan fingerprint density at radius 2 is 1.49 bits per heavy atom.